The SMILES string of the molecule is Clc1cccc(NCc2nc(C3CCCCC3)n[nH]2)c1. The lowest BCUT2D eigenvalue weighted by Gasteiger charge is -2.18. The lowest BCUT2D eigenvalue weighted by atomic mass is 9.89. The topological polar surface area (TPSA) is 53.6 Å². The van der Waals surface area contributed by atoms with E-state index in [1.165, 1.54) is 32.1 Å². The van der Waals surface area contributed by atoms with Crippen LogP contribution < -0.4 is 5.32 Å². The summed E-state index contributed by atoms with van der Waals surface area (Å²) in [4.78, 5) is 4.61. The highest BCUT2D eigenvalue weighted by atomic mass is 35.5. The van der Waals surface area contributed by atoms with Crippen molar-refractivity contribution < 1.29 is 0 Å². The number of hydrogen-bond acceptors (Lipinski definition) is 3. The minimum Gasteiger partial charge on any atom is -0.378 e. The van der Waals surface area contributed by atoms with Crippen LogP contribution in [-0.4, -0.2) is 15.2 Å². The van der Waals surface area contributed by atoms with Crippen molar-refractivity contribution >= 4 is 17.3 Å². The highest BCUT2D eigenvalue weighted by Gasteiger charge is 2.19. The van der Waals surface area contributed by atoms with Crippen LogP contribution in [0.2, 0.25) is 5.02 Å². The van der Waals surface area contributed by atoms with Crippen LogP contribution in [0.3, 0.4) is 0 Å². The van der Waals surface area contributed by atoms with Crippen molar-refractivity contribution in [3.05, 3.63) is 40.9 Å². The van der Waals surface area contributed by atoms with Crippen molar-refractivity contribution in [2.45, 2.75) is 44.6 Å². The predicted octanol–water partition coefficient (Wildman–Crippen LogP) is 4.12. The summed E-state index contributed by atoms with van der Waals surface area (Å²) in [5, 5.41) is 11.4. The van der Waals surface area contributed by atoms with Gasteiger partial charge in [-0.2, -0.15) is 5.10 Å². The molecule has 2 N–H and O–H groups in total. The molecule has 1 aliphatic carbocycles. The van der Waals surface area contributed by atoms with Gasteiger partial charge in [-0.3, -0.25) is 5.10 Å². The quantitative estimate of drug-likeness (QED) is 0.890. The molecule has 0 radical (unpaired) electrons. The van der Waals surface area contributed by atoms with E-state index in [1.807, 2.05) is 24.3 Å². The Kier molecular flexibility index (Phi) is 4.21. The first-order chi connectivity index (χ1) is 9.81. The fourth-order valence-corrected chi connectivity index (χ4v) is 2.91. The summed E-state index contributed by atoms with van der Waals surface area (Å²) < 4.78 is 0. The molecule has 0 amide bonds. The Bertz CT molecular complexity index is 561. The summed E-state index contributed by atoms with van der Waals surface area (Å²) >= 11 is 5.96. The molecule has 0 unspecified atom stereocenters. The summed E-state index contributed by atoms with van der Waals surface area (Å²) in [6, 6.07) is 7.69. The van der Waals surface area contributed by atoms with Crippen LogP contribution in [0.1, 0.15) is 49.7 Å². The van der Waals surface area contributed by atoms with Crippen LogP contribution >= 0.6 is 11.6 Å². The van der Waals surface area contributed by atoms with Gasteiger partial charge in [0.1, 0.15) is 5.82 Å². The van der Waals surface area contributed by atoms with Gasteiger partial charge in [-0.25, -0.2) is 4.98 Å². The largest absolute Gasteiger partial charge is 0.378 e. The van der Waals surface area contributed by atoms with Crippen molar-refractivity contribution in [2.24, 2.45) is 0 Å². The summed E-state index contributed by atoms with van der Waals surface area (Å²) in [5.74, 6) is 2.40. The third-order valence-electron chi connectivity index (χ3n) is 3.80. The number of hydrogen-bond donors (Lipinski definition) is 2. The van der Waals surface area contributed by atoms with E-state index in [-0.39, 0.29) is 0 Å². The van der Waals surface area contributed by atoms with Gasteiger partial charge in [0.25, 0.3) is 0 Å². The maximum Gasteiger partial charge on any atom is 0.153 e. The Labute approximate surface area is 124 Å². The Morgan fingerprint density at radius 2 is 2.10 bits per heavy atom. The molecule has 106 valence electrons. The maximum atomic E-state index is 5.96. The minimum atomic E-state index is 0.542. The molecule has 20 heavy (non-hydrogen) atoms. The van der Waals surface area contributed by atoms with Crippen LogP contribution in [-0.2, 0) is 6.54 Å². The summed E-state index contributed by atoms with van der Waals surface area (Å²) in [6.45, 7) is 0.639. The lowest BCUT2D eigenvalue weighted by molar-refractivity contribution is 0.429. The number of H-pyrrole nitrogens is 1. The number of aromatic amines is 1. The molecule has 1 saturated carbocycles. The number of nitrogens with zero attached hydrogens (tertiary/aromatic N) is 2. The van der Waals surface area contributed by atoms with Crippen LogP contribution in [0.15, 0.2) is 24.3 Å². The second-order valence-electron chi connectivity index (χ2n) is 5.34. The average Bonchev–Trinajstić information content (AvgIpc) is 2.95. The van der Waals surface area contributed by atoms with Gasteiger partial charge >= 0.3 is 0 Å². The molecule has 5 heteroatoms. The summed E-state index contributed by atoms with van der Waals surface area (Å²) in [5.41, 5.74) is 0.994. The molecule has 1 heterocycles. The highest BCUT2D eigenvalue weighted by molar-refractivity contribution is 6.30. The Hall–Kier alpha value is -1.55. The van der Waals surface area contributed by atoms with Crippen LogP contribution in [0.4, 0.5) is 5.69 Å². The molecule has 4 nitrogen and oxygen atoms in total. The molecule has 0 saturated heterocycles. The number of rotatable bonds is 4. The lowest BCUT2D eigenvalue weighted by Crippen LogP contribution is -2.06. The van der Waals surface area contributed by atoms with E-state index in [0.717, 1.165) is 22.4 Å². The average molecular weight is 291 g/mol. The van der Waals surface area contributed by atoms with E-state index in [4.69, 9.17) is 11.6 Å². The van der Waals surface area contributed by atoms with E-state index in [0.29, 0.717) is 12.5 Å². The fourth-order valence-electron chi connectivity index (χ4n) is 2.72. The van der Waals surface area contributed by atoms with Gasteiger partial charge in [0, 0.05) is 16.6 Å². The molecule has 1 aromatic heterocycles. The normalized spacial score (nSPS) is 16.2. The summed E-state index contributed by atoms with van der Waals surface area (Å²) in [6.07, 6.45) is 6.40. The number of benzene rings is 1. The molecule has 0 spiro atoms. The van der Waals surface area contributed by atoms with E-state index in [1.54, 1.807) is 0 Å². The van der Waals surface area contributed by atoms with Crippen molar-refractivity contribution in [1.82, 2.24) is 15.2 Å². The Morgan fingerprint density at radius 3 is 2.90 bits per heavy atom. The third-order valence-corrected chi connectivity index (χ3v) is 4.04. The number of aromatic nitrogens is 3. The van der Waals surface area contributed by atoms with Gasteiger partial charge in [-0.05, 0) is 31.0 Å². The molecule has 3 rings (SSSR count). The van der Waals surface area contributed by atoms with Gasteiger partial charge in [0.2, 0.25) is 0 Å². The second kappa shape index (κ2) is 6.27. The van der Waals surface area contributed by atoms with Crippen molar-refractivity contribution in [3.8, 4) is 0 Å². The van der Waals surface area contributed by atoms with E-state index in [9.17, 15) is 0 Å². The molecule has 0 atom stereocenters. The standard InChI is InChI=1S/C15H19ClN4/c16-12-7-4-8-13(9-12)17-10-14-18-15(20-19-14)11-5-2-1-3-6-11/h4,7-9,11,17H,1-3,5-6,10H2,(H,18,19,20). The van der Waals surface area contributed by atoms with Crippen LogP contribution in [0.25, 0.3) is 0 Å². The van der Waals surface area contributed by atoms with Gasteiger partial charge in [-0.1, -0.05) is 36.9 Å². The zero-order valence-corrected chi connectivity index (χ0v) is 12.2. The van der Waals surface area contributed by atoms with E-state index >= 15 is 0 Å². The van der Waals surface area contributed by atoms with E-state index < -0.39 is 0 Å². The monoisotopic (exact) mass is 290 g/mol. The predicted molar refractivity (Wildman–Crippen MR) is 81.0 cm³/mol. The molecular formula is C15H19ClN4. The van der Waals surface area contributed by atoms with Crippen molar-refractivity contribution in [2.75, 3.05) is 5.32 Å². The molecule has 0 aliphatic heterocycles. The minimum absolute atomic E-state index is 0.542. The highest BCUT2D eigenvalue weighted by Crippen LogP contribution is 2.30. The Balaban J connectivity index is 1.59. The van der Waals surface area contributed by atoms with Gasteiger partial charge < -0.3 is 5.32 Å². The first-order valence-electron chi connectivity index (χ1n) is 7.22. The first kappa shape index (κ1) is 13.4. The second-order valence-corrected chi connectivity index (χ2v) is 5.78. The first-order valence-corrected chi connectivity index (χ1v) is 7.60. The maximum absolute atomic E-state index is 5.96. The smallest absolute Gasteiger partial charge is 0.153 e. The molecule has 2 aromatic rings. The number of nitrogens with one attached hydrogen (secondary N) is 2. The fraction of sp³-hybridized carbons (Fsp3) is 0.467. The Morgan fingerprint density at radius 1 is 1.25 bits per heavy atom. The van der Waals surface area contributed by atoms with E-state index in [2.05, 4.69) is 20.5 Å². The zero-order chi connectivity index (χ0) is 13.8. The zero-order valence-electron chi connectivity index (χ0n) is 11.4. The molecule has 1 aliphatic rings. The van der Waals surface area contributed by atoms with Crippen molar-refractivity contribution in [1.29, 1.82) is 0 Å². The van der Waals surface area contributed by atoms with Gasteiger partial charge in [-0.15, -0.1) is 0 Å². The number of anilines is 1. The molecular weight excluding hydrogens is 272 g/mol. The molecule has 0 bridgehead atoms. The van der Waals surface area contributed by atoms with Crippen molar-refractivity contribution in [3.63, 3.8) is 0 Å². The third kappa shape index (κ3) is 3.31. The van der Waals surface area contributed by atoms with Gasteiger partial charge in [0.05, 0.1) is 6.54 Å². The summed E-state index contributed by atoms with van der Waals surface area (Å²) in [7, 11) is 0. The molecule has 1 aromatic carbocycles. The number of halogens is 1. The van der Waals surface area contributed by atoms with Crippen LogP contribution in [0.5, 0.6) is 0 Å². The van der Waals surface area contributed by atoms with Crippen LogP contribution in [0, 0.1) is 0 Å². The molecule has 1 fully saturated rings. The van der Waals surface area contributed by atoms with Gasteiger partial charge in [0.15, 0.2) is 5.82 Å².